The summed E-state index contributed by atoms with van der Waals surface area (Å²) in [5.41, 5.74) is 1.69. The highest BCUT2D eigenvalue weighted by Gasteiger charge is 2.06. The average molecular weight is 350 g/mol. The molecule has 2 heterocycles. The molecular formula is C20H22N4O2. The number of ether oxygens (including phenoxy) is 2. The van der Waals surface area contributed by atoms with Gasteiger partial charge in [0, 0.05) is 18.0 Å². The van der Waals surface area contributed by atoms with Gasteiger partial charge in [-0.2, -0.15) is 0 Å². The zero-order chi connectivity index (χ0) is 18.2. The van der Waals surface area contributed by atoms with E-state index in [4.69, 9.17) is 9.47 Å². The number of rotatable bonds is 8. The van der Waals surface area contributed by atoms with E-state index in [1.807, 2.05) is 24.3 Å². The van der Waals surface area contributed by atoms with Gasteiger partial charge in [-0.25, -0.2) is 19.9 Å². The van der Waals surface area contributed by atoms with Crippen LogP contribution in [0.3, 0.4) is 0 Å². The van der Waals surface area contributed by atoms with E-state index in [9.17, 15) is 0 Å². The second-order valence-electron chi connectivity index (χ2n) is 5.82. The summed E-state index contributed by atoms with van der Waals surface area (Å²) in [7, 11) is 1.58. The summed E-state index contributed by atoms with van der Waals surface area (Å²) in [6, 6.07) is 7.83. The van der Waals surface area contributed by atoms with Gasteiger partial charge in [-0.1, -0.05) is 19.8 Å². The predicted octanol–water partition coefficient (Wildman–Crippen LogP) is 4.18. The van der Waals surface area contributed by atoms with Crippen molar-refractivity contribution in [3.05, 3.63) is 49.1 Å². The van der Waals surface area contributed by atoms with E-state index >= 15 is 0 Å². The van der Waals surface area contributed by atoms with Gasteiger partial charge in [0.05, 0.1) is 31.7 Å². The maximum absolute atomic E-state index is 5.73. The number of hydrogen-bond acceptors (Lipinski definition) is 6. The van der Waals surface area contributed by atoms with Crippen molar-refractivity contribution >= 4 is 0 Å². The van der Waals surface area contributed by atoms with Gasteiger partial charge in [0.1, 0.15) is 5.75 Å². The van der Waals surface area contributed by atoms with Crippen molar-refractivity contribution in [2.45, 2.75) is 26.2 Å². The normalized spacial score (nSPS) is 10.5. The topological polar surface area (TPSA) is 70.0 Å². The Bertz CT molecular complexity index is 803. The van der Waals surface area contributed by atoms with Crippen LogP contribution in [-0.2, 0) is 0 Å². The lowest BCUT2D eigenvalue weighted by Gasteiger charge is -2.07. The number of hydrogen-bond donors (Lipinski definition) is 0. The number of aromatic nitrogens is 4. The summed E-state index contributed by atoms with van der Waals surface area (Å²) < 4.78 is 10.8. The number of methoxy groups -OCH3 is 1. The molecule has 0 aliphatic heterocycles. The smallest absolute Gasteiger partial charge is 0.162 e. The minimum atomic E-state index is 0.563. The summed E-state index contributed by atoms with van der Waals surface area (Å²) in [5, 5.41) is 0. The number of unbranched alkanes of at least 4 members (excludes halogenated alkanes) is 2. The lowest BCUT2D eigenvalue weighted by molar-refractivity contribution is 0.306. The molecule has 3 rings (SSSR count). The van der Waals surface area contributed by atoms with Crippen LogP contribution in [0, 0.1) is 0 Å². The molecule has 0 saturated carbocycles. The molecule has 0 aliphatic carbocycles. The first kappa shape index (κ1) is 17.8. The Labute approximate surface area is 153 Å². The Morgan fingerprint density at radius 1 is 0.731 bits per heavy atom. The molecule has 0 amide bonds. The lowest BCUT2D eigenvalue weighted by atomic mass is 10.2. The summed E-state index contributed by atoms with van der Waals surface area (Å²) in [5.74, 6) is 2.70. The van der Waals surface area contributed by atoms with Crippen molar-refractivity contribution in [3.8, 4) is 34.3 Å². The maximum Gasteiger partial charge on any atom is 0.162 e. The molecular weight excluding hydrogens is 328 g/mol. The first-order chi connectivity index (χ1) is 12.8. The van der Waals surface area contributed by atoms with Crippen LogP contribution in [-0.4, -0.2) is 33.7 Å². The van der Waals surface area contributed by atoms with Gasteiger partial charge in [0.25, 0.3) is 0 Å². The highest BCUT2D eigenvalue weighted by molar-refractivity contribution is 5.59. The largest absolute Gasteiger partial charge is 0.494 e. The second-order valence-corrected chi connectivity index (χ2v) is 5.82. The van der Waals surface area contributed by atoms with Crippen molar-refractivity contribution in [2.24, 2.45) is 0 Å². The molecule has 1 aromatic carbocycles. The van der Waals surface area contributed by atoms with Crippen molar-refractivity contribution in [2.75, 3.05) is 13.7 Å². The van der Waals surface area contributed by atoms with Gasteiger partial charge in [-0.15, -0.1) is 0 Å². The second kappa shape index (κ2) is 8.89. The lowest BCUT2D eigenvalue weighted by Crippen LogP contribution is -1.97. The Balaban J connectivity index is 1.66. The van der Waals surface area contributed by atoms with Crippen molar-refractivity contribution in [1.82, 2.24) is 19.9 Å². The van der Waals surface area contributed by atoms with E-state index in [-0.39, 0.29) is 0 Å². The zero-order valence-corrected chi connectivity index (χ0v) is 15.1. The van der Waals surface area contributed by atoms with E-state index in [0.29, 0.717) is 17.4 Å². The van der Waals surface area contributed by atoms with Gasteiger partial charge in [0.15, 0.2) is 17.4 Å². The monoisotopic (exact) mass is 350 g/mol. The molecule has 0 aliphatic rings. The maximum atomic E-state index is 5.73. The summed E-state index contributed by atoms with van der Waals surface area (Å²) >= 11 is 0. The molecule has 0 bridgehead atoms. The van der Waals surface area contributed by atoms with Crippen LogP contribution in [0.15, 0.2) is 49.1 Å². The van der Waals surface area contributed by atoms with E-state index in [0.717, 1.165) is 29.9 Å². The average Bonchev–Trinajstić information content (AvgIpc) is 2.72. The van der Waals surface area contributed by atoms with Crippen LogP contribution in [0.25, 0.3) is 22.8 Å². The molecule has 0 radical (unpaired) electrons. The summed E-state index contributed by atoms with van der Waals surface area (Å²) in [6.45, 7) is 2.93. The highest BCUT2D eigenvalue weighted by atomic mass is 16.5. The number of benzene rings is 1. The van der Waals surface area contributed by atoms with Crippen LogP contribution < -0.4 is 9.47 Å². The van der Waals surface area contributed by atoms with Gasteiger partial charge in [-0.05, 0) is 30.7 Å². The summed E-state index contributed by atoms with van der Waals surface area (Å²) in [4.78, 5) is 17.3. The SMILES string of the molecule is CCCCCOc1ccc(-c2ncc(-c3ncc(OC)cn3)cn2)cc1. The fourth-order valence-electron chi connectivity index (χ4n) is 2.41. The predicted molar refractivity (Wildman–Crippen MR) is 100 cm³/mol. The first-order valence-electron chi connectivity index (χ1n) is 8.72. The molecule has 0 saturated heterocycles. The molecule has 3 aromatic rings. The molecule has 0 N–H and O–H groups in total. The van der Waals surface area contributed by atoms with Crippen molar-refractivity contribution in [1.29, 1.82) is 0 Å². The van der Waals surface area contributed by atoms with E-state index in [1.54, 1.807) is 31.9 Å². The number of nitrogens with zero attached hydrogens (tertiary/aromatic N) is 4. The van der Waals surface area contributed by atoms with Crippen LogP contribution in [0.4, 0.5) is 0 Å². The third-order valence-electron chi connectivity index (χ3n) is 3.90. The first-order valence-corrected chi connectivity index (χ1v) is 8.72. The van der Waals surface area contributed by atoms with Gasteiger partial charge >= 0.3 is 0 Å². The summed E-state index contributed by atoms with van der Waals surface area (Å²) in [6.07, 6.45) is 10.1. The van der Waals surface area contributed by atoms with Crippen molar-refractivity contribution in [3.63, 3.8) is 0 Å². The third-order valence-corrected chi connectivity index (χ3v) is 3.90. The van der Waals surface area contributed by atoms with Gasteiger partial charge in [-0.3, -0.25) is 0 Å². The van der Waals surface area contributed by atoms with Crippen LogP contribution >= 0.6 is 0 Å². The van der Waals surface area contributed by atoms with Crippen LogP contribution in [0.5, 0.6) is 11.5 Å². The molecule has 26 heavy (non-hydrogen) atoms. The molecule has 6 nitrogen and oxygen atoms in total. The Morgan fingerprint density at radius 3 is 1.96 bits per heavy atom. The molecule has 6 heteroatoms. The molecule has 2 aromatic heterocycles. The highest BCUT2D eigenvalue weighted by Crippen LogP contribution is 2.21. The van der Waals surface area contributed by atoms with Crippen LogP contribution in [0.1, 0.15) is 26.2 Å². The van der Waals surface area contributed by atoms with Crippen LogP contribution in [0.2, 0.25) is 0 Å². The fourth-order valence-corrected chi connectivity index (χ4v) is 2.41. The Morgan fingerprint density at radius 2 is 1.35 bits per heavy atom. The standard InChI is InChI=1S/C20H22N4O2/c1-3-4-5-10-26-17-8-6-15(7-9-17)19-21-11-16(12-22-19)20-23-13-18(25-2)14-24-20/h6-9,11-14H,3-5,10H2,1-2H3. The minimum absolute atomic E-state index is 0.563. The van der Waals surface area contributed by atoms with E-state index < -0.39 is 0 Å². The molecule has 0 unspecified atom stereocenters. The Kier molecular flexibility index (Phi) is 6.09. The molecule has 0 spiro atoms. The Hall–Kier alpha value is -3.02. The molecule has 0 atom stereocenters. The minimum Gasteiger partial charge on any atom is -0.494 e. The quantitative estimate of drug-likeness (QED) is 0.568. The van der Waals surface area contributed by atoms with Gasteiger partial charge in [0.2, 0.25) is 0 Å². The molecule has 134 valence electrons. The third kappa shape index (κ3) is 4.53. The molecule has 0 fully saturated rings. The van der Waals surface area contributed by atoms with Gasteiger partial charge < -0.3 is 9.47 Å². The van der Waals surface area contributed by atoms with Crippen molar-refractivity contribution < 1.29 is 9.47 Å². The van der Waals surface area contributed by atoms with E-state index in [2.05, 4.69) is 26.9 Å². The fraction of sp³-hybridized carbons (Fsp3) is 0.300. The van der Waals surface area contributed by atoms with E-state index in [1.165, 1.54) is 12.8 Å². The zero-order valence-electron chi connectivity index (χ0n) is 15.1.